The van der Waals surface area contributed by atoms with Crippen molar-refractivity contribution in [2.75, 3.05) is 31.8 Å². The molecule has 2 aliphatic rings. The van der Waals surface area contributed by atoms with E-state index in [4.69, 9.17) is 51.1 Å². The number of hydrogen-bond donors (Lipinski definition) is 6. The van der Waals surface area contributed by atoms with E-state index in [1.54, 1.807) is 11.5 Å². The molecule has 20 nitrogen and oxygen atoms in total. The van der Waals surface area contributed by atoms with Crippen LogP contribution in [0, 0.1) is 5.92 Å². The lowest BCUT2D eigenvalue weighted by Crippen LogP contribution is -2.42. The van der Waals surface area contributed by atoms with Crippen molar-refractivity contribution in [2.24, 2.45) is 5.92 Å². The van der Waals surface area contributed by atoms with E-state index < -0.39 is 68.4 Å². The lowest BCUT2D eigenvalue weighted by atomic mass is 9.95. The number of nitrogen functional groups attached to an aromatic ring is 2. The maximum absolute atomic E-state index is 12.3. The molecule has 0 amide bonds. The molecular weight excluding hydrogens is 702 g/mol. The Morgan fingerprint density at radius 3 is 2.53 bits per heavy atom. The Kier molecular flexibility index (Phi) is 9.92. The van der Waals surface area contributed by atoms with E-state index in [0.717, 1.165) is 0 Å². The fraction of sp³-hybridized carbons (Fsp3) is 0.565. The van der Waals surface area contributed by atoms with Gasteiger partial charge in [-0.2, -0.15) is 4.98 Å². The summed E-state index contributed by atoms with van der Waals surface area (Å²) in [4.78, 5) is 46.9. The standard InChI is InChI=1S/C23H30N10O10P2S2/c1-9-12(5-39-22(16(38-2)15(9)41-44(36)46)32-7-28-13-17(24)26-6-27-18(13)32)43-45(37,47)42-11-3-10(4-34)40-21(11)33-8-29-14-19(33)30-23(25)31-20(14)35/h6-12,15-16,21-22,34H,3-5H2,1-2H3,(H6-,24,25,26,27,30,31,35,36,37,46,47)/p+1. The van der Waals surface area contributed by atoms with Gasteiger partial charge < -0.3 is 44.7 Å². The van der Waals surface area contributed by atoms with E-state index in [1.165, 1.54) is 30.7 Å². The molecule has 2 saturated heterocycles. The summed E-state index contributed by atoms with van der Waals surface area (Å²) < 4.78 is 51.0. The SMILES string of the molecule is COC1C(O[P+](=O)S)C(C)C(OP(O)(=S)OC2CC(CO)OC2n2cnc3c(=O)[nH]c(N)nc32)COC1n1cnc2c(N)ncnc21. The first kappa shape index (κ1) is 34.2. The Bertz CT molecular complexity index is 1900. The van der Waals surface area contributed by atoms with Gasteiger partial charge in [-0.25, -0.2) is 19.9 Å². The Morgan fingerprint density at radius 2 is 1.83 bits per heavy atom. The minimum Gasteiger partial charge on any atom is -0.394 e. The van der Waals surface area contributed by atoms with E-state index in [-0.39, 0.29) is 42.6 Å². The summed E-state index contributed by atoms with van der Waals surface area (Å²) in [6, 6.07) is 0. The molecule has 47 heavy (non-hydrogen) atoms. The monoisotopic (exact) mass is 733 g/mol. The molecule has 10 unspecified atom stereocenters. The molecule has 4 aromatic rings. The molecular formula is C23H31N10O10P2S2+. The molecule has 10 atom stereocenters. The lowest BCUT2D eigenvalue weighted by molar-refractivity contribution is -0.119. The van der Waals surface area contributed by atoms with Crippen LogP contribution in [0.1, 0.15) is 25.8 Å². The third-order valence-corrected chi connectivity index (χ3v) is 10.2. The molecule has 0 aromatic carbocycles. The number of fused-ring (bicyclic) bond motifs is 2. The van der Waals surface area contributed by atoms with Gasteiger partial charge in [0, 0.05) is 19.4 Å². The van der Waals surface area contributed by atoms with Gasteiger partial charge in [0.15, 0.2) is 35.1 Å². The van der Waals surface area contributed by atoms with Gasteiger partial charge >= 0.3 is 13.9 Å². The predicted octanol–water partition coefficient (Wildman–Crippen LogP) is 0.543. The molecule has 4 aromatic heterocycles. The molecule has 6 heterocycles. The third kappa shape index (κ3) is 6.78. The maximum Gasteiger partial charge on any atom is 0.582 e. The number of nitrogens with one attached hydrogen (secondary N) is 1. The smallest absolute Gasteiger partial charge is 0.394 e. The molecule has 2 fully saturated rings. The summed E-state index contributed by atoms with van der Waals surface area (Å²) in [7, 11) is -1.02. The molecule has 0 saturated carbocycles. The Hall–Kier alpha value is -2.72. The maximum atomic E-state index is 12.3. The Labute approximate surface area is 276 Å². The number of imidazole rings is 2. The van der Waals surface area contributed by atoms with Crippen LogP contribution in [0.4, 0.5) is 11.8 Å². The number of rotatable bonds is 10. The number of methoxy groups -OCH3 is 1. The van der Waals surface area contributed by atoms with Crippen molar-refractivity contribution in [1.29, 1.82) is 0 Å². The third-order valence-electron chi connectivity index (χ3n) is 7.90. The van der Waals surface area contributed by atoms with Crippen molar-refractivity contribution in [3.63, 3.8) is 0 Å². The van der Waals surface area contributed by atoms with E-state index in [9.17, 15) is 19.4 Å². The second-order valence-electron chi connectivity index (χ2n) is 10.8. The molecule has 0 radical (unpaired) electrons. The van der Waals surface area contributed by atoms with Crippen molar-refractivity contribution < 1.29 is 42.3 Å². The number of aliphatic hydroxyl groups is 1. The van der Waals surface area contributed by atoms with Gasteiger partial charge in [0.2, 0.25) is 5.95 Å². The van der Waals surface area contributed by atoms with Crippen LogP contribution in [-0.4, -0.2) is 99.9 Å². The number of thiol groups is 1. The number of ether oxygens (including phenoxy) is 3. The minimum atomic E-state index is -4.14. The van der Waals surface area contributed by atoms with Crippen LogP contribution < -0.4 is 17.0 Å². The highest BCUT2D eigenvalue weighted by Crippen LogP contribution is 2.52. The summed E-state index contributed by atoms with van der Waals surface area (Å²) >= 11 is 9.42. The summed E-state index contributed by atoms with van der Waals surface area (Å²) in [6.45, 7) is -2.96. The van der Waals surface area contributed by atoms with Gasteiger partial charge in [-0.05, 0) is 16.4 Å². The van der Waals surface area contributed by atoms with Crippen LogP contribution in [0.25, 0.3) is 22.3 Å². The van der Waals surface area contributed by atoms with E-state index in [0.29, 0.717) is 11.2 Å². The minimum absolute atomic E-state index is 0.00579. The molecule has 24 heteroatoms. The molecule has 2 aliphatic heterocycles. The van der Waals surface area contributed by atoms with E-state index in [2.05, 4.69) is 42.2 Å². The second kappa shape index (κ2) is 13.7. The lowest BCUT2D eigenvalue weighted by Gasteiger charge is -2.31. The van der Waals surface area contributed by atoms with Gasteiger partial charge in [-0.15, -0.1) is 4.52 Å². The number of nitrogens with two attached hydrogens (primary N) is 2. The Balaban J connectivity index is 1.28. The van der Waals surface area contributed by atoms with Crippen molar-refractivity contribution in [2.45, 2.75) is 56.3 Å². The first-order valence-corrected chi connectivity index (χ1v) is 18.9. The summed E-state index contributed by atoms with van der Waals surface area (Å²) in [5, 5.41) is 9.86. The topological polar surface area (TPSA) is 272 Å². The van der Waals surface area contributed by atoms with Crippen molar-refractivity contribution >= 4 is 72.1 Å². The van der Waals surface area contributed by atoms with Crippen molar-refractivity contribution in [3.8, 4) is 0 Å². The first-order chi connectivity index (χ1) is 22.4. The highest BCUT2D eigenvalue weighted by Gasteiger charge is 2.49. The van der Waals surface area contributed by atoms with Gasteiger partial charge in [0.1, 0.15) is 42.4 Å². The summed E-state index contributed by atoms with van der Waals surface area (Å²) in [5.74, 6) is -0.660. The number of H-pyrrole nitrogens is 1. The first-order valence-electron chi connectivity index (χ1n) is 14.0. The Morgan fingerprint density at radius 1 is 1.13 bits per heavy atom. The van der Waals surface area contributed by atoms with E-state index >= 15 is 0 Å². The molecule has 0 aliphatic carbocycles. The average Bonchev–Trinajstić information content (AvgIpc) is 3.72. The normalized spacial score (nSPS) is 30.0. The molecule has 0 bridgehead atoms. The molecule has 7 N–H and O–H groups in total. The van der Waals surface area contributed by atoms with Crippen molar-refractivity contribution in [3.05, 3.63) is 29.3 Å². The number of aromatic nitrogens is 8. The van der Waals surface area contributed by atoms with Gasteiger partial charge in [-0.1, -0.05) is 6.92 Å². The highest BCUT2D eigenvalue weighted by molar-refractivity contribution is 8.39. The van der Waals surface area contributed by atoms with Gasteiger partial charge in [-0.3, -0.25) is 18.9 Å². The van der Waals surface area contributed by atoms with Crippen LogP contribution in [-0.2, 0) is 44.2 Å². The molecule has 0 spiro atoms. The van der Waals surface area contributed by atoms with Gasteiger partial charge in [0.05, 0.1) is 38.1 Å². The quantitative estimate of drug-likeness (QED) is 0.0959. The summed E-state index contributed by atoms with van der Waals surface area (Å²) in [5.41, 5.74) is 11.9. The molecule has 254 valence electrons. The second-order valence-corrected chi connectivity index (χ2v) is 15.2. The van der Waals surface area contributed by atoms with Crippen LogP contribution in [0.3, 0.4) is 0 Å². The largest absolute Gasteiger partial charge is 0.582 e. The zero-order valence-corrected chi connectivity index (χ0v) is 28.2. The summed E-state index contributed by atoms with van der Waals surface area (Å²) in [6.07, 6.45) is -2.42. The zero-order valence-electron chi connectivity index (χ0n) is 24.7. The van der Waals surface area contributed by atoms with Crippen LogP contribution in [0.15, 0.2) is 23.8 Å². The predicted molar refractivity (Wildman–Crippen MR) is 171 cm³/mol. The highest BCUT2D eigenvalue weighted by atomic mass is 32.7. The van der Waals surface area contributed by atoms with Crippen LogP contribution in [0.5, 0.6) is 0 Å². The number of nitrogens with zero attached hydrogens (tertiary/aromatic N) is 7. The van der Waals surface area contributed by atoms with Crippen molar-refractivity contribution in [1.82, 2.24) is 39.0 Å². The van der Waals surface area contributed by atoms with Crippen LogP contribution >= 0.6 is 26.2 Å². The fourth-order valence-corrected chi connectivity index (χ4v) is 8.40. The van der Waals surface area contributed by atoms with Crippen LogP contribution in [0.2, 0.25) is 0 Å². The molecule has 6 rings (SSSR count). The van der Waals surface area contributed by atoms with E-state index in [1.807, 2.05) is 0 Å². The number of aromatic amines is 1. The fourth-order valence-electron chi connectivity index (χ4n) is 5.71. The average molecular weight is 734 g/mol. The number of anilines is 2. The number of hydrogen-bond acceptors (Lipinski definition) is 17. The van der Waals surface area contributed by atoms with Gasteiger partial charge in [0.25, 0.3) is 5.56 Å². The zero-order chi connectivity index (χ0) is 33.6. The number of aliphatic hydroxyl groups excluding tert-OH is 1.